The molecule has 1 aromatic heterocycles. The van der Waals surface area contributed by atoms with Crippen LogP contribution in [0.3, 0.4) is 0 Å². The van der Waals surface area contributed by atoms with Crippen LogP contribution in [0.5, 0.6) is 0 Å². The third-order valence-electron chi connectivity index (χ3n) is 6.33. The highest BCUT2D eigenvalue weighted by molar-refractivity contribution is 5.47. The monoisotopic (exact) mass is 404 g/mol. The zero-order chi connectivity index (χ0) is 20.1. The van der Waals surface area contributed by atoms with Gasteiger partial charge in [-0.25, -0.2) is 4.98 Å². The van der Waals surface area contributed by atoms with E-state index >= 15 is 0 Å². The summed E-state index contributed by atoms with van der Waals surface area (Å²) in [5.74, 6) is 2.55. The zero-order valence-electron chi connectivity index (χ0n) is 17.5. The second-order valence-corrected chi connectivity index (χ2v) is 8.54. The molecular formula is C21H36N6O2. The molecule has 3 aliphatic rings. The minimum atomic E-state index is 0.222. The molecule has 0 radical (unpaired) electrons. The van der Waals surface area contributed by atoms with E-state index < -0.39 is 0 Å². The van der Waals surface area contributed by atoms with Crippen molar-refractivity contribution in [3.63, 3.8) is 0 Å². The number of aliphatic hydroxyl groups is 2. The van der Waals surface area contributed by atoms with E-state index in [1.165, 1.54) is 18.5 Å². The third-order valence-corrected chi connectivity index (χ3v) is 6.33. The van der Waals surface area contributed by atoms with E-state index in [-0.39, 0.29) is 13.2 Å². The van der Waals surface area contributed by atoms with Gasteiger partial charge in [-0.15, -0.1) is 0 Å². The summed E-state index contributed by atoms with van der Waals surface area (Å²) >= 11 is 0. The average molecular weight is 405 g/mol. The fourth-order valence-corrected chi connectivity index (χ4v) is 4.43. The van der Waals surface area contributed by atoms with Crippen LogP contribution < -0.4 is 9.80 Å². The van der Waals surface area contributed by atoms with Crippen molar-refractivity contribution in [2.75, 3.05) is 88.5 Å². The van der Waals surface area contributed by atoms with E-state index in [0.717, 1.165) is 90.1 Å². The van der Waals surface area contributed by atoms with Crippen LogP contribution in [-0.4, -0.2) is 109 Å². The molecule has 29 heavy (non-hydrogen) atoms. The standard InChI is InChI=1S/C21H36N6O2/c28-15-13-24-5-1-7-26(11-9-24)20-17-19(18-3-4-18)22-21(23-20)27-8-2-6-25(10-12-27)14-16-29/h17-18,28-29H,1-16H2. The molecule has 1 aliphatic carbocycles. The molecule has 8 nitrogen and oxygen atoms in total. The van der Waals surface area contributed by atoms with Crippen molar-refractivity contribution in [1.82, 2.24) is 19.8 Å². The Kier molecular flexibility index (Phi) is 7.18. The van der Waals surface area contributed by atoms with Gasteiger partial charge in [0.15, 0.2) is 0 Å². The number of hydrogen-bond acceptors (Lipinski definition) is 8. The minimum Gasteiger partial charge on any atom is -0.395 e. The largest absolute Gasteiger partial charge is 0.395 e. The van der Waals surface area contributed by atoms with Crippen LogP contribution in [0.2, 0.25) is 0 Å². The van der Waals surface area contributed by atoms with Crippen molar-refractivity contribution in [2.24, 2.45) is 0 Å². The summed E-state index contributed by atoms with van der Waals surface area (Å²) < 4.78 is 0. The maximum atomic E-state index is 9.25. The van der Waals surface area contributed by atoms with Gasteiger partial charge in [-0.1, -0.05) is 0 Å². The molecule has 2 N–H and O–H groups in total. The number of anilines is 2. The van der Waals surface area contributed by atoms with Gasteiger partial charge in [-0.2, -0.15) is 4.98 Å². The molecule has 8 heteroatoms. The molecule has 0 unspecified atom stereocenters. The van der Waals surface area contributed by atoms with E-state index in [1.54, 1.807) is 0 Å². The summed E-state index contributed by atoms with van der Waals surface area (Å²) in [5, 5.41) is 18.5. The van der Waals surface area contributed by atoms with E-state index in [2.05, 4.69) is 25.7 Å². The Morgan fingerprint density at radius 3 is 2.00 bits per heavy atom. The number of rotatable bonds is 7. The van der Waals surface area contributed by atoms with Crippen molar-refractivity contribution in [2.45, 2.75) is 31.6 Å². The number of aliphatic hydroxyl groups excluding tert-OH is 2. The maximum absolute atomic E-state index is 9.25. The number of hydrogen-bond donors (Lipinski definition) is 2. The Morgan fingerprint density at radius 1 is 0.759 bits per heavy atom. The molecule has 0 amide bonds. The molecule has 1 aromatic rings. The molecule has 3 fully saturated rings. The van der Waals surface area contributed by atoms with Gasteiger partial charge in [-0.05, 0) is 38.8 Å². The number of aromatic nitrogens is 2. The second-order valence-electron chi connectivity index (χ2n) is 8.54. The van der Waals surface area contributed by atoms with E-state index in [9.17, 15) is 10.2 Å². The Morgan fingerprint density at radius 2 is 1.38 bits per heavy atom. The van der Waals surface area contributed by atoms with E-state index in [0.29, 0.717) is 5.92 Å². The van der Waals surface area contributed by atoms with Gasteiger partial charge in [0.1, 0.15) is 5.82 Å². The van der Waals surface area contributed by atoms with Crippen LogP contribution in [0, 0.1) is 0 Å². The normalized spacial score (nSPS) is 22.6. The maximum Gasteiger partial charge on any atom is 0.227 e. The minimum absolute atomic E-state index is 0.222. The van der Waals surface area contributed by atoms with E-state index in [4.69, 9.17) is 9.97 Å². The van der Waals surface area contributed by atoms with Crippen LogP contribution in [0.4, 0.5) is 11.8 Å². The Labute approximate surface area is 174 Å². The quantitative estimate of drug-likeness (QED) is 0.675. The van der Waals surface area contributed by atoms with Crippen molar-refractivity contribution in [3.8, 4) is 0 Å². The second kappa shape index (κ2) is 10.0. The van der Waals surface area contributed by atoms with Gasteiger partial charge in [0, 0.05) is 64.3 Å². The highest BCUT2D eigenvalue weighted by Gasteiger charge is 2.28. The lowest BCUT2D eigenvalue weighted by Gasteiger charge is -2.26. The summed E-state index contributed by atoms with van der Waals surface area (Å²) in [6.07, 6.45) is 4.65. The molecular weight excluding hydrogens is 368 g/mol. The number of nitrogens with zero attached hydrogens (tertiary/aromatic N) is 6. The van der Waals surface area contributed by atoms with Crippen molar-refractivity contribution in [1.29, 1.82) is 0 Å². The summed E-state index contributed by atoms with van der Waals surface area (Å²) in [6, 6.07) is 2.22. The molecule has 2 saturated heterocycles. The molecule has 2 aliphatic heterocycles. The van der Waals surface area contributed by atoms with Crippen LogP contribution in [-0.2, 0) is 0 Å². The van der Waals surface area contributed by atoms with Crippen molar-refractivity contribution >= 4 is 11.8 Å². The SMILES string of the molecule is OCCN1CCCN(c2cc(C3CC3)nc(N3CCCN(CCO)CC3)n2)CC1. The summed E-state index contributed by atoms with van der Waals surface area (Å²) in [6.45, 7) is 9.79. The highest BCUT2D eigenvalue weighted by Crippen LogP contribution is 2.40. The predicted octanol–water partition coefficient (Wildman–Crippen LogP) is 0.363. The molecule has 0 bridgehead atoms. The van der Waals surface area contributed by atoms with Gasteiger partial charge >= 0.3 is 0 Å². The first-order chi connectivity index (χ1) is 14.3. The van der Waals surface area contributed by atoms with Gasteiger partial charge < -0.3 is 20.0 Å². The zero-order valence-corrected chi connectivity index (χ0v) is 17.5. The highest BCUT2D eigenvalue weighted by atomic mass is 16.3. The van der Waals surface area contributed by atoms with Gasteiger partial charge in [-0.3, -0.25) is 9.80 Å². The predicted molar refractivity (Wildman–Crippen MR) is 115 cm³/mol. The lowest BCUT2D eigenvalue weighted by Crippen LogP contribution is -2.34. The van der Waals surface area contributed by atoms with Gasteiger partial charge in [0.05, 0.1) is 18.9 Å². The Hall–Kier alpha value is -1.48. The Bertz CT molecular complexity index is 610. The number of β-amino-alcohol motifs (C(OH)–C–C–N with tert-alkyl or cyclic N) is 2. The van der Waals surface area contributed by atoms with Crippen LogP contribution in [0.25, 0.3) is 0 Å². The first kappa shape index (κ1) is 20.8. The molecule has 1 saturated carbocycles. The lowest BCUT2D eigenvalue weighted by molar-refractivity contribution is 0.204. The summed E-state index contributed by atoms with van der Waals surface area (Å²) in [5.41, 5.74) is 1.21. The lowest BCUT2D eigenvalue weighted by atomic mass is 10.2. The van der Waals surface area contributed by atoms with Crippen LogP contribution in [0.15, 0.2) is 6.07 Å². The molecule has 162 valence electrons. The van der Waals surface area contributed by atoms with Crippen molar-refractivity contribution < 1.29 is 10.2 Å². The summed E-state index contributed by atoms with van der Waals surface area (Å²) in [7, 11) is 0. The summed E-state index contributed by atoms with van der Waals surface area (Å²) in [4.78, 5) is 19.4. The molecule has 0 aromatic carbocycles. The van der Waals surface area contributed by atoms with Crippen molar-refractivity contribution in [3.05, 3.63) is 11.8 Å². The third kappa shape index (κ3) is 5.57. The van der Waals surface area contributed by atoms with Gasteiger partial charge in [0.2, 0.25) is 5.95 Å². The first-order valence-corrected chi connectivity index (χ1v) is 11.3. The topological polar surface area (TPSA) is 79.2 Å². The molecule has 0 spiro atoms. The average Bonchev–Trinajstić information content (AvgIpc) is 3.58. The molecule has 4 rings (SSSR count). The molecule has 3 heterocycles. The van der Waals surface area contributed by atoms with E-state index in [1.807, 2.05) is 0 Å². The fraction of sp³-hybridized carbons (Fsp3) is 0.810. The van der Waals surface area contributed by atoms with Crippen LogP contribution >= 0.6 is 0 Å². The first-order valence-electron chi connectivity index (χ1n) is 11.3. The Balaban J connectivity index is 1.50. The van der Waals surface area contributed by atoms with Gasteiger partial charge in [0.25, 0.3) is 0 Å². The smallest absolute Gasteiger partial charge is 0.227 e. The fourth-order valence-electron chi connectivity index (χ4n) is 4.43. The van der Waals surface area contributed by atoms with Crippen LogP contribution in [0.1, 0.15) is 37.3 Å². The molecule has 0 atom stereocenters.